The molecule has 1 fully saturated rings. The summed E-state index contributed by atoms with van der Waals surface area (Å²) in [6.07, 6.45) is -0.0613. The number of furan rings is 1. The highest BCUT2D eigenvalue weighted by atomic mass is 16.5. The lowest BCUT2D eigenvalue weighted by molar-refractivity contribution is -0.0177. The quantitative estimate of drug-likeness (QED) is 0.789. The minimum atomic E-state index is -0.0881. The van der Waals surface area contributed by atoms with Crippen LogP contribution in [0.5, 0.6) is 0 Å². The minimum absolute atomic E-state index is 0.0613. The molecule has 0 radical (unpaired) electrons. The molecule has 2 N–H and O–H groups in total. The van der Waals surface area contributed by atoms with Crippen LogP contribution < -0.4 is 5.73 Å². The van der Waals surface area contributed by atoms with Crippen LogP contribution in [0.2, 0.25) is 0 Å². The van der Waals surface area contributed by atoms with E-state index in [0.717, 1.165) is 5.76 Å². The third-order valence-electron chi connectivity index (χ3n) is 2.64. The van der Waals surface area contributed by atoms with Gasteiger partial charge in [-0.15, -0.1) is 0 Å². The van der Waals surface area contributed by atoms with Gasteiger partial charge in [0.2, 0.25) is 0 Å². The third-order valence-corrected chi connectivity index (χ3v) is 2.64. The van der Waals surface area contributed by atoms with Gasteiger partial charge in [-0.2, -0.15) is 0 Å². The van der Waals surface area contributed by atoms with Gasteiger partial charge >= 0.3 is 0 Å². The molecule has 2 rings (SSSR count). The molecule has 1 aliphatic rings. The molecule has 5 nitrogen and oxygen atoms in total. The van der Waals surface area contributed by atoms with Gasteiger partial charge < -0.3 is 19.8 Å². The van der Waals surface area contributed by atoms with E-state index in [4.69, 9.17) is 14.9 Å². The molecule has 1 atom stereocenters. The number of ether oxygens (including phenoxy) is 1. The van der Waals surface area contributed by atoms with Crippen LogP contribution in [0.1, 0.15) is 16.3 Å². The molecule has 88 valence electrons. The lowest BCUT2D eigenvalue weighted by atomic mass is 10.2. The maximum Gasteiger partial charge on any atom is 0.289 e. The van der Waals surface area contributed by atoms with Crippen molar-refractivity contribution in [1.82, 2.24) is 4.90 Å². The molecule has 1 saturated heterocycles. The molecule has 5 heteroatoms. The van der Waals surface area contributed by atoms with Crippen molar-refractivity contribution >= 4 is 5.91 Å². The van der Waals surface area contributed by atoms with E-state index >= 15 is 0 Å². The molecule has 0 spiro atoms. The topological polar surface area (TPSA) is 68.7 Å². The van der Waals surface area contributed by atoms with Gasteiger partial charge in [-0.05, 0) is 19.1 Å². The average molecular weight is 224 g/mol. The van der Waals surface area contributed by atoms with Crippen LogP contribution in [-0.2, 0) is 4.74 Å². The Labute approximate surface area is 94.1 Å². The fourth-order valence-electron chi connectivity index (χ4n) is 1.75. The van der Waals surface area contributed by atoms with Crippen molar-refractivity contribution < 1.29 is 13.9 Å². The van der Waals surface area contributed by atoms with Gasteiger partial charge in [-0.25, -0.2) is 0 Å². The number of aryl methyl sites for hydroxylation is 1. The van der Waals surface area contributed by atoms with Crippen LogP contribution in [0.3, 0.4) is 0 Å². The minimum Gasteiger partial charge on any atom is -0.456 e. The van der Waals surface area contributed by atoms with E-state index in [1.54, 1.807) is 17.0 Å². The first-order chi connectivity index (χ1) is 7.70. The Kier molecular flexibility index (Phi) is 3.26. The van der Waals surface area contributed by atoms with Gasteiger partial charge in [0.15, 0.2) is 5.76 Å². The average Bonchev–Trinajstić information content (AvgIpc) is 2.75. The fraction of sp³-hybridized carbons (Fsp3) is 0.545. The summed E-state index contributed by atoms with van der Waals surface area (Å²) in [7, 11) is 0. The van der Waals surface area contributed by atoms with Crippen LogP contribution >= 0.6 is 0 Å². The molecule has 1 aromatic heterocycles. The van der Waals surface area contributed by atoms with Crippen LogP contribution in [0.15, 0.2) is 16.5 Å². The Morgan fingerprint density at radius 1 is 1.62 bits per heavy atom. The standard InChI is InChI=1S/C11H16N2O3/c1-8-2-3-10(16-8)11(14)13-4-5-15-9(6-12)7-13/h2-3,9H,4-7,12H2,1H3. The highest BCUT2D eigenvalue weighted by Crippen LogP contribution is 2.12. The fourth-order valence-corrected chi connectivity index (χ4v) is 1.75. The molecule has 0 aliphatic carbocycles. The van der Waals surface area contributed by atoms with Crippen molar-refractivity contribution in [2.45, 2.75) is 13.0 Å². The van der Waals surface area contributed by atoms with Crippen molar-refractivity contribution in [2.75, 3.05) is 26.2 Å². The summed E-state index contributed by atoms with van der Waals surface area (Å²) in [5, 5.41) is 0. The monoisotopic (exact) mass is 224 g/mol. The lowest BCUT2D eigenvalue weighted by Gasteiger charge is -2.31. The van der Waals surface area contributed by atoms with E-state index < -0.39 is 0 Å². The molecule has 0 bridgehead atoms. The van der Waals surface area contributed by atoms with Gasteiger partial charge in [-0.3, -0.25) is 4.79 Å². The maximum absolute atomic E-state index is 12.0. The summed E-state index contributed by atoms with van der Waals surface area (Å²) < 4.78 is 10.7. The summed E-state index contributed by atoms with van der Waals surface area (Å²) in [5.74, 6) is 1.04. The SMILES string of the molecule is Cc1ccc(C(=O)N2CCOC(CN)C2)o1. The lowest BCUT2D eigenvalue weighted by Crippen LogP contribution is -2.48. The third kappa shape index (κ3) is 2.25. The number of carbonyl (C=O) groups excluding carboxylic acids is 1. The molecule has 0 saturated carbocycles. The van der Waals surface area contributed by atoms with Crippen molar-refractivity contribution in [2.24, 2.45) is 5.73 Å². The molecular weight excluding hydrogens is 208 g/mol. The van der Waals surface area contributed by atoms with Crippen molar-refractivity contribution in [3.8, 4) is 0 Å². The molecule has 0 aromatic carbocycles. The Morgan fingerprint density at radius 3 is 3.06 bits per heavy atom. The molecular formula is C11H16N2O3. The summed E-state index contributed by atoms with van der Waals surface area (Å²) in [4.78, 5) is 13.7. The van der Waals surface area contributed by atoms with Crippen molar-refractivity contribution in [3.63, 3.8) is 0 Å². The second-order valence-corrected chi connectivity index (χ2v) is 3.89. The number of nitrogens with zero attached hydrogens (tertiary/aromatic N) is 1. The number of nitrogens with two attached hydrogens (primary N) is 1. The van der Waals surface area contributed by atoms with Gasteiger partial charge in [0.05, 0.1) is 12.7 Å². The van der Waals surface area contributed by atoms with E-state index in [1.807, 2.05) is 6.92 Å². The summed E-state index contributed by atoms with van der Waals surface area (Å²) >= 11 is 0. The van der Waals surface area contributed by atoms with E-state index in [9.17, 15) is 4.79 Å². The Morgan fingerprint density at radius 2 is 2.44 bits per heavy atom. The Bertz CT molecular complexity index is 375. The largest absolute Gasteiger partial charge is 0.456 e. The van der Waals surface area contributed by atoms with E-state index in [2.05, 4.69) is 0 Å². The van der Waals surface area contributed by atoms with Gasteiger partial charge in [0.1, 0.15) is 5.76 Å². The normalized spacial score (nSPS) is 21.1. The summed E-state index contributed by atoms with van der Waals surface area (Å²) in [5.41, 5.74) is 5.52. The van der Waals surface area contributed by atoms with Gasteiger partial charge in [-0.1, -0.05) is 0 Å². The number of hydrogen-bond donors (Lipinski definition) is 1. The summed E-state index contributed by atoms with van der Waals surface area (Å²) in [6, 6.07) is 3.48. The number of rotatable bonds is 2. The molecule has 16 heavy (non-hydrogen) atoms. The van der Waals surface area contributed by atoms with Crippen molar-refractivity contribution in [1.29, 1.82) is 0 Å². The molecule has 1 aliphatic heterocycles. The van der Waals surface area contributed by atoms with E-state index in [0.29, 0.717) is 32.0 Å². The molecule has 1 unspecified atom stereocenters. The Balaban J connectivity index is 2.04. The second-order valence-electron chi connectivity index (χ2n) is 3.89. The number of morpholine rings is 1. The van der Waals surface area contributed by atoms with Crippen LogP contribution in [-0.4, -0.2) is 43.2 Å². The van der Waals surface area contributed by atoms with Gasteiger partial charge in [0, 0.05) is 19.6 Å². The van der Waals surface area contributed by atoms with Gasteiger partial charge in [0.25, 0.3) is 5.91 Å². The first-order valence-electron chi connectivity index (χ1n) is 5.38. The molecule has 1 amide bonds. The zero-order valence-corrected chi connectivity index (χ0v) is 9.31. The second kappa shape index (κ2) is 4.67. The first-order valence-corrected chi connectivity index (χ1v) is 5.38. The van der Waals surface area contributed by atoms with Crippen LogP contribution in [0.4, 0.5) is 0 Å². The molecule has 2 heterocycles. The Hall–Kier alpha value is -1.33. The van der Waals surface area contributed by atoms with E-state index in [-0.39, 0.29) is 12.0 Å². The number of amides is 1. The van der Waals surface area contributed by atoms with Crippen LogP contribution in [0.25, 0.3) is 0 Å². The van der Waals surface area contributed by atoms with E-state index in [1.165, 1.54) is 0 Å². The highest BCUT2D eigenvalue weighted by molar-refractivity contribution is 5.91. The predicted octanol–water partition coefficient (Wildman–Crippen LogP) is 0.388. The summed E-state index contributed by atoms with van der Waals surface area (Å²) in [6.45, 7) is 3.91. The zero-order valence-electron chi connectivity index (χ0n) is 9.31. The predicted molar refractivity (Wildman–Crippen MR) is 58.1 cm³/mol. The van der Waals surface area contributed by atoms with Crippen LogP contribution in [0, 0.1) is 6.92 Å². The van der Waals surface area contributed by atoms with Crippen molar-refractivity contribution in [3.05, 3.63) is 23.7 Å². The molecule has 1 aromatic rings. The number of carbonyl (C=O) groups is 1. The zero-order chi connectivity index (χ0) is 11.5. The first kappa shape index (κ1) is 11.2. The highest BCUT2D eigenvalue weighted by Gasteiger charge is 2.25. The smallest absolute Gasteiger partial charge is 0.289 e. The number of hydrogen-bond acceptors (Lipinski definition) is 4. The maximum atomic E-state index is 12.0.